The van der Waals surface area contributed by atoms with E-state index in [2.05, 4.69) is 33.9 Å². The van der Waals surface area contributed by atoms with Crippen molar-refractivity contribution >= 4 is 0 Å². The van der Waals surface area contributed by atoms with Crippen LogP contribution in [0.5, 0.6) is 0 Å². The van der Waals surface area contributed by atoms with Crippen molar-refractivity contribution in [1.82, 2.24) is 20.1 Å². The van der Waals surface area contributed by atoms with Gasteiger partial charge in [0.15, 0.2) is 0 Å². The number of aryl methyl sites for hydroxylation is 1. The SMILES string of the molecule is CCn1cnnc1CCNC1CCCC1C. The number of nitrogens with one attached hydrogen (secondary N) is 1. The van der Waals surface area contributed by atoms with E-state index in [-0.39, 0.29) is 0 Å². The van der Waals surface area contributed by atoms with Crippen LogP contribution in [0.25, 0.3) is 0 Å². The molecule has 16 heavy (non-hydrogen) atoms. The Balaban J connectivity index is 1.75. The molecule has 0 spiro atoms. The minimum absolute atomic E-state index is 0.720. The van der Waals surface area contributed by atoms with Gasteiger partial charge in [-0.2, -0.15) is 0 Å². The molecule has 1 aliphatic carbocycles. The first-order valence-electron chi connectivity index (χ1n) is 6.41. The van der Waals surface area contributed by atoms with Crippen molar-refractivity contribution in [3.8, 4) is 0 Å². The zero-order valence-corrected chi connectivity index (χ0v) is 10.3. The van der Waals surface area contributed by atoms with Crippen molar-refractivity contribution in [3.05, 3.63) is 12.2 Å². The average molecular weight is 222 g/mol. The maximum absolute atomic E-state index is 4.14. The van der Waals surface area contributed by atoms with Crippen molar-refractivity contribution in [2.75, 3.05) is 6.54 Å². The first-order chi connectivity index (χ1) is 7.81. The predicted octanol–water partition coefficient (Wildman–Crippen LogP) is 1.62. The van der Waals surface area contributed by atoms with Crippen LogP contribution in [-0.4, -0.2) is 27.4 Å². The van der Waals surface area contributed by atoms with E-state index in [1.54, 1.807) is 0 Å². The molecule has 90 valence electrons. The van der Waals surface area contributed by atoms with Crippen molar-refractivity contribution < 1.29 is 0 Å². The molecule has 0 saturated heterocycles. The van der Waals surface area contributed by atoms with Crippen molar-refractivity contribution in [2.45, 2.75) is 52.1 Å². The smallest absolute Gasteiger partial charge is 0.134 e. The van der Waals surface area contributed by atoms with Gasteiger partial charge in [0.05, 0.1) is 0 Å². The molecule has 0 amide bonds. The van der Waals surface area contributed by atoms with Gasteiger partial charge in [0.25, 0.3) is 0 Å². The highest BCUT2D eigenvalue weighted by molar-refractivity contribution is 4.88. The maximum atomic E-state index is 4.14. The molecule has 0 aliphatic heterocycles. The molecule has 4 heteroatoms. The fourth-order valence-corrected chi connectivity index (χ4v) is 2.55. The number of nitrogens with zero attached hydrogens (tertiary/aromatic N) is 3. The average Bonchev–Trinajstić information content (AvgIpc) is 2.88. The van der Waals surface area contributed by atoms with Crippen molar-refractivity contribution in [2.24, 2.45) is 5.92 Å². The van der Waals surface area contributed by atoms with E-state index in [9.17, 15) is 0 Å². The molecule has 1 saturated carbocycles. The van der Waals surface area contributed by atoms with E-state index in [1.807, 2.05) is 6.33 Å². The molecule has 0 bridgehead atoms. The first-order valence-corrected chi connectivity index (χ1v) is 6.41. The Morgan fingerprint density at radius 3 is 3.06 bits per heavy atom. The van der Waals surface area contributed by atoms with Gasteiger partial charge in [-0.25, -0.2) is 0 Å². The molecule has 1 aliphatic rings. The van der Waals surface area contributed by atoms with Crippen LogP contribution in [0, 0.1) is 5.92 Å². The molecule has 2 rings (SSSR count). The first kappa shape index (κ1) is 11.6. The molecular formula is C12H22N4. The highest BCUT2D eigenvalue weighted by Crippen LogP contribution is 2.24. The molecule has 1 heterocycles. The molecule has 0 aromatic carbocycles. The molecule has 4 nitrogen and oxygen atoms in total. The van der Waals surface area contributed by atoms with Gasteiger partial charge in [0.2, 0.25) is 0 Å². The lowest BCUT2D eigenvalue weighted by atomic mass is 10.1. The lowest BCUT2D eigenvalue weighted by Crippen LogP contribution is -2.33. The summed E-state index contributed by atoms with van der Waals surface area (Å²) in [6.45, 7) is 6.45. The Hall–Kier alpha value is -0.900. The van der Waals surface area contributed by atoms with E-state index in [1.165, 1.54) is 19.3 Å². The van der Waals surface area contributed by atoms with Crippen molar-refractivity contribution in [3.63, 3.8) is 0 Å². The van der Waals surface area contributed by atoms with Crippen LogP contribution in [0.1, 0.15) is 38.9 Å². The van der Waals surface area contributed by atoms with Crippen LogP contribution < -0.4 is 5.32 Å². The summed E-state index contributed by atoms with van der Waals surface area (Å²) in [4.78, 5) is 0. The summed E-state index contributed by atoms with van der Waals surface area (Å²) in [5, 5.41) is 11.7. The summed E-state index contributed by atoms with van der Waals surface area (Å²) in [6.07, 6.45) is 6.89. The summed E-state index contributed by atoms with van der Waals surface area (Å²) in [5.41, 5.74) is 0. The van der Waals surface area contributed by atoms with Crippen LogP contribution in [0.4, 0.5) is 0 Å². The summed E-state index contributed by atoms with van der Waals surface area (Å²) in [7, 11) is 0. The third-order valence-corrected chi connectivity index (χ3v) is 3.65. The van der Waals surface area contributed by atoms with Crippen LogP contribution in [0.2, 0.25) is 0 Å². The summed E-state index contributed by atoms with van der Waals surface area (Å²) in [5.74, 6) is 1.93. The molecular weight excluding hydrogens is 200 g/mol. The highest BCUT2D eigenvalue weighted by Gasteiger charge is 2.22. The lowest BCUT2D eigenvalue weighted by molar-refractivity contribution is 0.426. The molecule has 1 aromatic heterocycles. The summed E-state index contributed by atoms with van der Waals surface area (Å²) in [6, 6.07) is 0.720. The number of hydrogen-bond acceptors (Lipinski definition) is 3. The zero-order chi connectivity index (χ0) is 11.4. The predicted molar refractivity (Wildman–Crippen MR) is 64.2 cm³/mol. The second-order valence-electron chi connectivity index (χ2n) is 4.75. The van der Waals surface area contributed by atoms with Crippen LogP contribution in [0.3, 0.4) is 0 Å². The van der Waals surface area contributed by atoms with Crippen LogP contribution in [-0.2, 0) is 13.0 Å². The van der Waals surface area contributed by atoms with Gasteiger partial charge in [-0.05, 0) is 25.7 Å². The topological polar surface area (TPSA) is 42.7 Å². The Labute approximate surface area is 97.5 Å². The van der Waals surface area contributed by atoms with Crippen LogP contribution >= 0.6 is 0 Å². The van der Waals surface area contributed by atoms with Gasteiger partial charge >= 0.3 is 0 Å². The monoisotopic (exact) mass is 222 g/mol. The molecule has 1 aromatic rings. The van der Waals surface area contributed by atoms with Crippen molar-refractivity contribution in [1.29, 1.82) is 0 Å². The Bertz CT molecular complexity index is 321. The Kier molecular flexibility index (Phi) is 3.93. The van der Waals surface area contributed by atoms with Gasteiger partial charge in [-0.1, -0.05) is 13.3 Å². The minimum Gasteiger partial charge on any atom is -0.318 e. The normalized spacial score (nSPS) is 25.1. The molecule has 1 N–H and O–H groups in total. The highest BCUT2D eigenvalue weighted by atomic mass is 15.3. The molecule has 2 unspecified atom stereocenters. The largest absolute Gasteiger partial charge is 0.318 e. The zero-order valence-electron chi connectivity index (χ0n) is 10.3. The van der Waals surface area contributed by atoms with Gasteiger partial charge in [-0.3, -0.25) is 0 Å². The van der Waals surface area contributed by atoms with E-state index >= 15 is 0 Å². The Morgan fingerprint density at radius 2 is 2.38 bits per heavy atom. The van der Waals surface area contributed by atoms with E-state index < -0.39 is 0 Å². The van der Waals surface area contributed by atoms with Gasteiger partial charge in [-0.15, -0.1) is 10.2 Å². The van der Waals surface area contributed by atoms with Gasteiger partial charge in [0, 0.05) is 25.6 Å². The standard InChI is InChI=1S/C12H22N4/c1-3-16-9-14-15-12(16)7-8-13-11-6-4-5-10(11)2/h9-11,13H,3-8H2,1-2H3. The van der Waals surface area contributed by atoms with Gasteiger partial charge in [0.1, 0.15) is 12.2 Å². The van der Waals surface area contributed by atoms with E-state index in [0.717, 1.165) is 37.3 Å². The Morgan fingerprint density at radius 1 is 1.50 bits per heavy atom. The summed E-state index contributed by atoms with van der Waals surface area (Å²) >= 11 is 0. The third kappa shape index (κ3) is 2.61. The van der Waals surface area contributed by atoms with E-state index in [4.69, 9.17) is 0 Å². The quantitative estimate of drug-likeness (QED) is 0.823. The number of hydrogen-bond donors (Lipinski definition) is 1. The fraction of sp³-hybridized carbons (Fsp3) is 0.833. The minimum atomic E-state index is 0.720. The van der Waals surface area contributed by atoms with E-state index in [0.29, 0.717) is 0 Å². The lowest BCUT2D eigenvalue weighted by Gasteiger charge is -2.16. The molecule has 1 fully saturated rings. The van der Waals surface area contributed by atoms with Crippen LogP contribution in [0.15, 0.2) is 6.33 Å². The summed E-state index contributed by atoms with van der Waals surface area (Å²) < 4.78 is 2.11. The van der Waals surface area contributed by atoms with Gasteiger partial charge < -0.3 is 9.88 Å². The third-order valence-electron chi connectivity index (χ3n) is 3.65. The second-order valence-corrected chi connectivity index (χ2v) is 4.75. The maximum Gasteiger partial charge on any atom is 0.134 e. The fourth-order valence-electron chi connectivity index (χ4n) is 2.55. The molecule has 0 radical (unpaired) electrons. The molecule has 2 atom stereocenters. The number of rotatable bonds is 5. The second kappa shape index (κ2) is 5.43. The number of aromatic nitrogens is 3.